The number of carbonyl (C=O) groups excluding carboxylic acids is 2. The average Bonchev–Trinajstić information content (AvgIpc) is 3.33. The molecule has 8 nitrogen and oxygen atoms in total. The topological polar surface area (TPSA) is 105 Å². The summed E-state index contributed by atoms with van der Waals surface area (Å²) in [6.07, 6.45) is -5.52. The van der Waals surface area contributed by atoms with Gasteiger partial charge in [-0.05, 0) is 45.3 Å². The van der Waals surface area contributed by atoms with Crippen LogP contribution in [-0.4, -0.2) is 62.1 Å². The zero-order valence-electron chi connectivity index (χ0n) is 19.3. The zero-order valence-corrected chi connectivity index (χ0v) is 23.2. The maximum atomic E-state index is 14.4. The Morgan fingerprint density at radius 1 is 1.24 bits per heavy atom. The molecule has 2 amide bonds. The molecule has 2 aromatic carbocycles. The Labute approximate surface area is 233 Å². The van der Waals surface area contributed by atoms with E-state index < -0.39 is 56.9 Å². The quantitative estimate of drug-likeness (QED) is 0.495. The third kappa shape index (κ3) is 4.41. The molecular weight excluding hydrogens is 638 g/mol. The molecule has 1 N–H and O–H groups in total. The maximum absolute atomic E-state index is 14.4. The highest BCUT2D eigenvalue weighted by atomic mass is 79.9. The summed E-state index contributed by atoms with van der Waals surface area (Å²) in [6.45, 7) is 0.367. The molecule has 3 heterocycles. The number of carbonyl (C=O) groups is 2. The van der Waals surface area contributed by atoms with Gasteiger partial charge in [-0.3, -0.25) is 14.5 Å². The number of oxime groups is 1. The van der Waals surface area contributed by atoms with Gasteiger partial charge in [0.05, 0.1) is 14.5 Å². The second-order valence-electron chi connectivity index (χ2n) is 9.32. The van der Waals surface area contributed by atoms with Gasteiger partial charge in [0.15, 0.2) is 15.9 Å². The number of nitrogens with one attached hydrogen (secondary N) is 1. The van der Waals surface area contributed by atoms with Crippen LogP contribution in [0.4, 0.5) is 13.2 Å². The van der Waals surface area contributed by atoms with E-state index in [0.29, 0.717) is 10.0 Å². The van der Waals surface area contributed by atoms with E-state index in [2.05, 4.69) is 26.4 Å². The van der Waals surface area contributed by atoms with E-state index in [-0.39, 0.29) is 39.8 Å². The van der Waals surface area contributed by atoms with Crippen LogP contribution in [-0.2, 0) is 25.0 Å². The molecule has 1 fully saturated rings. The van der Waals surface area contributed by atoms with Crippen LogP contribution in [0.2, 0.25) is 10.0 Å². The standard InChI is InChI=1S/C23H17BrCl2F3N3O5S/c1-38(35,36)7-16(33)32-21(34)12-4-10(2-3-13(12)22(32)8-30-9-22)19-17(23(27,28)29)20(37-31-19)11-5-14(25)18(24)15(26)6-11/h2-6,17,20,30H,7-9H2,1H3. The fourth-order valence-corrected chi connectivity index (χ4v) is 6.31. The molecule has 1 saturated heterocycles. The van der Waals surface area contributed by atoms with Gasteiger partial charge in [-0.25, -0.2) is 8.42 Å². The van der Waals surface area contributed by atoms with Crippen LogP contribution >= 0.6 is 39.1 Å². The van der Waals surface area contributed by atoms with Gasteiger partial charge in [-0.2, -0.15) is 13.2 Å². The van der Waals surface area contributed by atoms with E-state index in [1.165, 1.54) is 30.3 Å². The van der Waals surface area contributed by atoms with Crippen molar-refractivity contribution in [2.45, 2.75) is 17.8 Å². The number of hydrogen-bond acceptors (Lipinski definition) is 7. The highest BCUT2D eigenvalue weighted by Crippen LogP contribution is 2.48. The van der Waals surface area contributed by atoms with Crippen LogP contribution in [0.15, 0.2) is 40.0 Å². The first-order chi connectivity index (χ1) is 17.6. The van der Waals surface area contributed by atoms with Crippen molar-refractivity contribution in [1.82, 2.24) is 10.2 Å². The van der Waals surface area contributed by atoms with E-state index in [0.717, 1.165) is 11.2 Å². The molecule has 38 heavy (non-hydrogen) atoms. The lowest BCUT2D eigenvalue weighted by molar-refractivity contribution is -0.177. The minimum atomic E-state index is -4.80. The minimum absolute atomic E-state index is 0.00680. The maximum Gasteiger partial charge on any atom is 0.401 e. The number of imide groups is 1. The van der Waals surface area contributed by atoms with E-state index in [4.69, 9.17) is 28.0 Å². The normalized spacial score (nSPS) is 22.2. The summed E-state index contributed by atoms with van der Waals surface area (Å²) in [5.74, 6) is -4.79. The largest absolute Gasteiger partial charge is 0.401 e. The van der Waals surface area contributed by atoms with Crippen LogP contribution in [0.1, 0.15) is 33.2 Å². The SMILES string of the molecule is CS(=O)(=O)CC(=O)N1C(=O)c2cc(C3=NOC(c4cc(Cl)c(Br)c(Cl)c4)C3C(F)(F)F)ccc2C12CNC2. The molecule has 0 aromatic heterocycles. The van der Waals surface area contributed by atoms with Gasteiger partial charge in [0.25, 0.3) is 5.91 Å². The zero-order chi connectivity index (χ0) is 27.8. The summed E-state index contributed by atoms with van der Waals surface area (Å²) in [6, 6.07) is 6.67. The summed E-state index contributed by atoms with van der Waals surface area (Å²) < 4.78 is 66.8. The van der Waals surface area contributed by atoms with Crippen molar-refractivity contribution in [3.63, 3.8) is 0 Å². The third-order valence-corrected chi connectivity index (χ3v) is 9.38. The lowest BCUT2D eigenvalue weighted by Gasteiger charge is -2.45. The van der Waals surface area contributed by atoms with Crippen LogP contribution < -0.4 is 5.32 Å². The number of halogens is 6. The van der Waals surface area contributed by atoms with Crippen molar-refractivity contribution in [2.75, 3.05) is 25.1 Å². The van der Waals surface area contributed by atoms with Gasteiger partial charge in [0.1, 0.15) is 22.9 Å². The summed E-state index contributed by atoms with van der Waals surface area (Å²) in [4.78, 5) is 32.3. The first kappa shape index (κ1) is 27.4. The fraction of sp³-hybridized carbons (Fsp3) is 0.348. The van der Waals surface area contributed by atoms with E-state index in [1.54, 1.807) is 0 Å². The van der Waals surface area contributed by atoms with Crippen LogP contribution in [0, 0.1) is 5.92 Å². The number of fused-ring (bicyclic) bond motifs is 2. The Morgan fingerprint density at radius 3 is 2.39 bits per heavy atom. The summed E-state index contributed by atoms with van der Waals surface area (Å²) >= 11 is 15.4. The Balaban J connectivity index is 1.54. The van der Waals surface area contributed by atoms with Crippen molar-refractivity contribution >= 4 is 66.5 Å². The Kier molecular flexibility index (Phi) is 6.62. The smallest absolute Gasteiger partial charge is 0.386 e. The van der Waals surface area contributed by atoms with Gasteiger partial charge in [-0.1, -0.05) is 40.5 Å². The summed E-state index contributed by atoms with van der Waals surface area (Å²) in [7, 11) is -3.74. The molecule has 0 bridgehead atoms. The number of rotatable bonds is 4. The average molecular weight is 655 g/mol. The molecular formula is C23H17BrCl2F3N3O5S. The van der Waals surface area contributed by atoms with Gasteiger partial charge >= 0.3 is 6.18 Å². The van der Waals surface area contributed by atoms with Gasteiger partial charge in [0.2, 0.25) is 5.91 Å². The van der Waals surface area contributed by atoms with Gasteiger partial charge < -0.3 is 10.2 Å². The fourth-order valence-electron chi connectivity index (χ4n) is 5.00. The lowest BCUT2D eigenvalue weighted by Crippen LogP contribution is -2.66. The second kappa shape index (κ2) is 9.19. The number of nitrogens with zero attached hydrogens (tertiary/aromatic N) is 2. The number of amides is 2. The van der Waals surface area contributed by atoms with Crippen molar-refractivity contribution in [3.05, 3.63) is 67.1 Å². The highest BCUT2D eigenvalue weighted by Gasteiger charge is 2.57. The van der Waals surface area contributed by atoms with Crippen LogP contribution in [0.5, 0.6) is 0 Å². The molecule has 1 spiro atoms. The third-order valence-electron chi connectivity index (χ3n) is 6.70. The lowest BCUT2D eigenvalue weighted by atomic mass is 9.82. The van der Waals surface area contributed by atoms with Crippen LogP contribution in [0.3, 0.4) is 0 Å². The molecule has 0 radical (unpaired) electrons. The Bertz CT molecular complexity index is 1510. The monoisotopic (exact) mass is 653 g/mol. The predicted octanol–water partition coefficient (Wildman–Crippen LogP) is 4.24. The number of hydrogen-bond donors (Lipinski definition) is 1. The Hall–Kier alpha value is -2.19. The Morgan fingerprint density at radius 2 is 1.87 bits per heavy atom. The number of benzene rings is 2. The highest BCUT2D eigenvalue weighted by molar-refractivity contribution is 9.10. The van der Waals surface area contributed by atoms with Crippen molar-refractivity contribution in [3.8, 4) is 0 Å². The molecule has 3 aliphatic rings. The first-order valence-corrected chi connectivity index (χ1v) is 14.6. The molecule has 0 aliphatic carbocycles. The summed E-state index contributed by atoms with van der Waals surface area (Å²) in [5, 5.41) is 6.89. The van der Waals surface area contributed by atoms with E-state index in [9.17, 15) is 31.2 Å². The van der Waals surface area contributed by atoms with E-state index >= 15 is 0 Å². The van der Waals surface area contributed by atoms with Crippen molar-refractivity contribution in [1.29, 1.82) is 0 Å². The molecule has 2 unspecified atom stereocenters. The molecule has 2 atom stereocenters. The molecule has 3 aliphatic heterocycles. The molecule has 2 aromatic rings. The van der Waals surface area contributed by atoms with E-state index in [1.807, 2.05) is 0 Å². The number of sulfone groups is 1. The first-order valence-electron chi connectivity index (χ1n) is 11.0. The second-order valence-corrected chi connectivity index (χ2v) is 13.1. The van der Waals surface area contributed by atoms with Crippen molar-refractivity contribution < 1.29 is 36.0 Å². The van der Waals surface area contributed by atoms with Gasteiger partial charge in [0, 0.05) is 30.5 Å². The van der Waals surface area contributed by atoms with Crippen LogP contribution in [0.25, 0.3) is 0 Å². The minimum Gasteiger partial charge on any atom is -0.386 e. The van der Waals surface area contributed by atoms with Gasteiger partial charge in [-0.15, -0.1) is 0 Å². The molecule has 5 rings (SSSR count). The molecule has 0 saturated carbocycles. The summed E-state index contributed by atoms with van der Waals surface area (Å²) in [5.41, 5.74) is -1.15. The molecule has 15 heteroatoms. The predicted molar refractivity (Wildman–Crippen MR) is 136 cm³/mol. The van der Waals surface area contributed by atoms with Crippen molar-refractivity contribution in [2.24, 2.45) is 11.1 Å². The number of alkyl halides is 3. The molecule has 202 valence electrons.